The third kappa shape index (κ3) is 5.03. The fraction of sp³-hybridized carbons (Fsp3) is 0.350. The van der Waals surface area contributed by atoms with E-state index in [9.17, 15) is 14.3 Å². The van der Waals surface area contributed by atoms with Crippen LogP contribution in [-0.4, -0.2) is 59.7 Å². The van der Waals surface area contributed by atoms with E-state index in [1.54, 1.807) is 12.1 Å². The Morgan fingerprint density at radius 3 is 2.54 bits per heavy atom. The predicted molar refractivity (Wildman–Crippen MR) is 96.6 cm³/mol. The monoisotopic (exact) mass is 358 g/mol. The molecular formula is C20H23FN2O3. The molecule has 2 aromatic carbocycles. The van der Waals surface area contributed by atoms with Crippen molar-refractivity contribution in [3.8, 4) is 5.75 Å². The zero-order valence-corrected chi connectivity index (χ0v) is 14.6. The second-order valence-electron chi connectivity index (χ2n) is 6.41. The van der Waals surface area contributed by atoms with Crippen molar-refractivity contribution in [2.24, 2.45) is 0 Å². The van der Waals surface area contributed by atoms with E-state index in [1.807, 2.05) is 35.2 Å². The summed E-state index contributed by atoms with van der Waals surface area (Å²) in [5.41, 5.74) is 1.12. The molecule has 6 heteroatoms. The first-order valence-electron chi connectivity index (χ1n) is 8.73. The van der Waals surface area contributed by atoms with Gasteiger partial charge in [-0.2, -0.15) is 0 Å². The first-order chi connectivity index (χ1) is 12.6. The molecule has 138 valence electrons. The minimum absolute atomic E-state index is 0.295. The lowest BCUT2D eigenvalue weighted by molar-refractivity contribution is -0.146. The molecule has 1 atom stereocenters. The topological polar surface area (TPSA) is 53.0 Å². The van der Waals surface area contributed by atoms with E-state index >= 15 is 0 Å². The van der Waals surface area contributed by atoms with Gasteiger partial charge in [-0.1, -0.05) is 30.3 Å². The van der Waals surface area contributed by atoms with Gasteiger partial charge in [0.1, 0.15) is 24.2 Å². The zero-order valence-electron chi connectivity index (χ0n) is 14.6. The second kappa shape index (κ2) is 8.78. The van der Waals surface area contributed by atoms with E-state index in [0.29, 0.717) is 38.5 Å². The molecule has 0 aromatic heterocycles. The van der Waals surface area contributed by atoms with Crippen LogP contribution in [-0.2, 0) is 11.3 Å². The Morgan fingerprint density at radius 2 is 1.85 bits per heavy atom. The van der Waals surface area contributed by atoms with Crippen LogP contribution < -0.4 is 4.74 Å². The van der Waals surface area contributed by atoms with Gasteiger partial charge in [-0.15, -0.1) is 0 Å². The van der Waals surface area contributed by atoms with Crippen LogP contribution in [0, 0.1) is 5.82 Å². The number of benzene rings is 2. The number of carboxylic acid groups (broad SMARTS) is 1. The molecule has 26 heavy (non-hydrogen) atoms. The highest BCUT2D eigenvalue weighted by atomic mass is 19.1. The number of piperazine rings is 1. The maximum absolute atomic E-state index is 12.9. The number of ether oxygens (including phenoxy) is 1. The number of carboxylic acids is 1. The average Bonchev–Trinajstić information content (AvgIpc) is 2.65. The number of halogens is 1. The Bertz CT molecular complexity index is 709. The number of hydrogen-bond acceptors (Lipinski definition) is 4. The molecule has 0 radical (unpaired) electrons. The third-order valence-corrected chi connectivity index (χ3v) is 4.58. The van der Waals surface area contributed by atoms with Gasteiger partial charge in [0.15, 0.2) is 0 Å². The molecule has 0 bridgehead atoms. The Balaban J connectivity index is 1.50. The summed E-state index contributed by atoms with van der Waals surface area (Å²) < 4.78 is 18.5. The van der Waals surface area contributed by atoms with Gasteiger partial charge in [-0.25, -0.2) is 4.39 Å². The molecule has 1 aliphatic heterocycles. The van der Waals surface area contributed by atoms with Gasteiger partial charge in [0, 0.05) is 32.7 Å². The predicted octanol–water partition coefficient (Wildman–Crippen LogP) is 2.48. The lowest BCUT2D eigenvalue weighted by atomic mass is 10.1. The fourth-order valence-electron chi connectivity index (χ4n) is 3.14. The lowest BCUT2D eigenvalue weighted by Crippen LogP contribution is -2.56. The highest BCUT2D eigenvalue weighted by molar-refractivity contribution is 5.74. The first-order valence-corrected chi connectivity index (χ1v) is 8.73. The van der Waals surface area contributed by atoms with Crippen molar-refractivity contribution in [1.82, 2.24) is 9.80 Å². The summed E-state index contributed by atoms with van der Waals surface area (Å²) in [4.78, 5) is 15.8. The second-order valence-corrected chi connectivity index (χ2v) is 6.41. The Labute approximate surface area is 152 Å². The molecule has 1 fully saturated rings. The van der Waals surface area contributed by atoms with Crippen LogP contribution in [0.15, 0.2) is 54.6 Å². The molecule has 5 nitrogen and oxygen atoms in total. The van der Waals surface area contributed by atoms with Crippen molar-refractivity contribution in [3.05, 3.63) is 66.0 Å². The molecule has 1 unspecified atom stereocenters. The molecule has 1 heterocycles. The maximum atomic E-state index is 12.9. The summed E-state index contributed by atoms with van der Waals surface area (Å²) >= 11 is 0. The maximum Gasteiger partial charge on any atom is 0.322 e. The number of aliphatic carboxylic acids is 1. The van der Waals surface area contributed by atoms with Crippen LogP contribution in [0.25, 0.3) is 0 Å². The molecule has 0 amide bonds. The summed E-state index contributed by atoms with van der Waals surface area (Å²) in [6.45, 7) is 3.68. The van der Waals surface area contributed by atoms with E-state index < -0.39 is 12.0 Å². The Kier molecular flexibility index (Phi) is 6.20. The largest absolute Gasteiger partial charge is 0.492 e. The van der Waals surface area contributed by atoms with Crippen LogP contribution in [0.1, 0.15) is 5.56 Å². The molecule has 1 saturated heterocycles. The van der Waals surface area contributed by atoms with Crippen LogP contribution in [0.2, 0.25) is 0 Å². The van der Waals surface area contributed by atoms with Gasteiger partial charge >= 0.3 is 5.97 Å². The third-order valence-electron chi connectivity index (χ3n) is 4.58. The Morgan fingerprint density at radius 1 is 1.12 bits per heavy atom. The smallest absolute Gasteiger partial charge is 0.322 e. The number of carbonyl (C=O) groups is 1. The highest BCUT2D eigenvalue weighted by Crippen LogP contribution is 2.15. The molecular weight excluding hydrogens is 335 g/mol. The van der Waals surface area contributed by atoms with E-state index in [2.05, 4.69) is 4.90 Å². The van der Waals surface area contributed by atoms with E-state index in [4.69, 9.17) is 4.74 Å². The van der Waals surface area contributed by atoms with Gasteiger partial charge in [0.2, 0.25) is 0 Å². The van der Waals surface area contributed by atoms with Gasteiger partial charge in [0.05, 0.1) is 0 Å². The Hall–Kier alpha value is -2.44. The lowest BCUT2D eigenvalue weighted by Gasteiger charge is -2.39. The van der Waals surface area contributed by atoms with Crippen LogP contribution in [0.5, 0.6) is 5.75 Å². The minimum Gasteiger partial charge on any atom is -0.492 e. The van der Waals surface area contributed by atoms with E-state index in [-0.39, 0.29) is 5.82 Å². The van der Waals surface area contributed by atoms with Gasteiger partial charge in [-0.3, -0.25) is 14.6 Å². The number of hydrogen-bond donors (Lipinski definition) is 1. The van der Waals surface area contributed by atoms with Crippen molar-refractivity contribution >= 4 is 5.97 Å². The van der Waals surface area contributed by atoms with Crippen molar-refractivity contribution < 1.29 is 19.0 Å². The van der Waals surface area contributed by atoms with E-state index in [1.165, 1.54) is 12.1 Å². The van der Waals surface area contributed by atoms with Crippen LogP contribution >= 0.6 is 0 Å². The molecule has 0 spiro atoms. The van der Waals surface area contributed by atoms with E-state index in [0.717, 1.165) is 12.1 Å². The van der Waals surface area contributed by atoms with Crippen molar-refractivity contribution in [3.63, 3.8) is 0 Å². The number of rotatable bonds is 7. The summed E-state index contributed by atoms with van der Waals surface area (Å²) in [6, 6.07) is 15.3. The van der Waals surface area contributed by atoms with Crippen LogP contribution in [0.4, 0.5) is 4.39 Å². The number of nitrogens with zero attached hydrogens (tertiary/aromatic N) is 2. The molecule has 1 N–H and O–H groups in total. The van der Waals surface area contributed by atoms with Crippen molar-refractivity contribution in [2.75, 3.05) is 32.8 Å². The van der Waals surface area contributed by atoms with Gasteiger partial charge in [-0.05, 0) is 29.8 Å². The van der Waals surface area contributed by atoms with Gasteiger partial charge in [0.25, 0.3) is 0 Å². The molecule has 0 saturated carbocycles. The summed E-state index contributed by atoms with van der Waals surface area (Å²) in [5.74, 6) is -0.481. The first kappa shape index (κ1) is 18.4. The summed E-state index contributed by atoms with van der Waals surface area (Å²) in [7, 11) is 0. The quantitative estimate of drug-likeness (QED) is 0.824. The van der Waals surface area contributed by atoms with Crippen LogP contribution in [0.3, 0.4) is 0 Å². The normalized spacial score (nSPS) is 18.6. The SMILES string of the molecule is O=C(O)C1CN(CCOc2ccc(F)cc2)CCN1Cc1ccccc1. The van der Waals surface area contributed by atoms with Crippen molar-refractivity contribution in [1.29, 1.82) is 0 Å². The minimum atomic E-state index is -0.801. The standard InChI is InChI=1S/C20H23FN2O3/c21-17-6-8-18(9-7-17)26-13-12-22-10-11-23(19(15-22)20(24)25)14-16-4-2-1-3-5-16/h1-9,19H,10-15H2,(H,24,25). The summed E-state index contributed by atoms with van der Waals surface area (Å²) in [5, 5.41) is 9.60. The highest BCUT2D eigenvalue weighted by Gasteiger charge is 2.32. The molecule has 1 aliphatic rings. The molecule has 3 rings (SSSR count). The van der Waals surface area contributed by atoms with Crippen molar-refractivity contribution in [2.45, 2.75) is 12.6 Å². The zero-order chi connectivity index (χ0) is 18.4. The summed E-state index contributed by atoms with van der Waals surface area (Å²) in [6.07, 6.45) is 0. The fourth-order valence-corrected chi connectivity index (χ4v) is 3.14. The molecule has 0 aliphatic carbocycles. The average molecular weight is 358 g/mol. The van der Waals surface area contributed by atoms with Gasteiger partial charge < -0.3 is 9.84 Å². The molecule has 2 aromatic rings.